The molecule has 1 saturated carbocycles. The second kappa shape index (κ2) is 6.78. The molecular formula is C19H24N4O2. The molecule has 25 heavy (non-hydrogen) atoms. The van der Waals surface area contributed by atoms with Crippen LogP contribution in [0.1, 0.15) is 42.1 Å². The Hall–Kier alpha value is -2.50. The van der Waals surface area contributed by atoms with Crippen molar-refractivity contribution in [1.82, 2.24) is 15.1 Å². The summed E-state index contributed by atoms with van der Waals surface area (Å²) >= 11 is 0. The summed E-state index contributed by atoms with van der Waals surface area (Å²) in [6.07, 6.45) is 8.08. The number of carbonyl (C=O) groups is 1. The van der Waals surface area contributed by atoms with E-state index >= 15 is 0 Å². The van der Waals surface area contributed by atoms with Crippen LogP contribution in [-0.4, -0.2) is 41.9 Å². The maximum atomic E-state index is 12.5. The van der Waals surface area contributed by atoms with E-state index in [0.29, 0.717) is 11.6 Å². The summed E-state index contributed by atoms with van der Waals surface area (Å²) in [6.45, 7) is 1.70. The topological polar surface area (TPSA) is 59.4 Å². The third kappa shape index (κ3) is 3.21. The van der Waals surface area contributed by atoms with Crippen LogP contribution in [0, 0.1) is 0 Å². The minimum Gasteiger partial charge on any atom is -0.495 e. The van der Waals surface area contributed by atoms with Crippen molar-refractivity contribution >= 4 is 11.6 Å². The van der Waals surface area contributed by atoms with Crippen molar-refractivity contribution in [3.8, 4) is 5.75 Å². The van der Waals surface area contributed by atoms with E-state index in [2.05, 4.69) is 21.4 Å². The van der Waals surface area contributed by atoms with Gasteiger partial charge in [-0.1, -0.05) is 12.1 Å². The van der Waals surface area contributed by atoms with E-state index in [0.717, 1.165) is 30.9 Å². The molecule has 2 fully saturated rings. The fourth-order valence-corrected chi connectivity index (χ4v) is 3.56. The highest BCUT2D eigenvalue weighted by atomic mass is 16.5. The molecule has 6 nitrogen and oxygen atoms in total. The highest BCUT2D eigenvalue weighted by molar-refractivity contribution is 5.94. The lowest BCUT2D eigenvalue weighted by atomic mass is 9.93. The number of benzene rings is 1. The Morgan fingerprint density at radius 1 is 1.28 bits per heavy atom. The number of nitrogens with one attached hydrogen (secondary N) is 1. The van der Waals surface area contributed by atoms with E-state index in [1.165, 1.54) is 19.3 Å². The van der Waals surface area contributed by atoms with Gasteiger partial charge in [0.15, 0.2) is 0 Å². The smallest absolute Gasteiger partial charge is 0.254 e. The molecule has 1 aromatic carbocycles. The first kappa shape index (κ1) is 16.0. The van der Waals surface area contributed by atoms with Crippen molar-refractivity contribution in [3.63, 3.8) is 0 Å². The van der Waals surface area contributed by atoms with Crippen LogP contribution < -0.4 is 15.0 Å². The highest BCUT2D eigenvalue weighted by Gasteiger charge is 2.27. The summed E-state index contributed by atoms with van der Waals surface area (Å²) < 4.78 is 7.38. The third-order valence-electron chi connectivity index (χ3n) is 5.26. The standard InChI is InChI=1S/C19H24N4O2/c1-25-18-8-3-2-7-17(18)22-10-9-15(13-22)21-19(24)14-11-20-23(12-14)16-5-4-6-16/h2-3,7-8,11-12,15-16H,4-6,9-10,13H2,1H3,(H,21,24). The van der Waals surface area contributed by atoms with Gasteiger partial charge in [0.25, 0.3) is 5.91 Å². The number of aromatic nitrogens is 2. The number of nitrogens with zero attached hydrogens (tertiary/aromatic N) is 3. The first-order valence-electron chi connectivity index (χ1n) is 8.97. The molecule has 1 unspecified atom stereocenters. The molecular weight excluding hydrogens is 316 g/mol. The van der Waals surface area contributed by atoms with Crippen molar-refractivity contribution < 1.29 is 9.53 Å². The van der Waals surface area contributed by atoms with Crippen LogP contribution >= 0.6 is 0 Å². The number of hydrogen-bond donors (Lipinski definition) is 1. The van der Waals surface area contributed by atoms with E-state index in [4.69, 9.17) is 4.74 Å². The Morgan fingerprint density at radius 2 is 2.12 bits per heavy atom. The van der Waals surface area contributed by atoms with Gasteiger partial charge in [0.05, 0.1) is 30.6 Å². The maximum Gasteiger partial charge on any atom is 0.254 e. The number of hydrogen-bond acceptors (Lipinski definition) is 4. The lowest BCUT2D eigenvalue weighted by Gasteiger charge is -2.25. The summed E-state index contributed by atoms with van der Waals surface area (Å²) in [5, 5.41) is 7.49. The zero-order valence-electron chi connectivity index (χ0n) is 14.5. The van der Waals surface area contributed by atoms with Crippen molar-refractivity contribution in [3.05, 3.63) is 42.2 Å². The van der Waals surface area contributed by atoms with Gasteiger partial charge in [-0.3, -0.25) is 9.48 Å². The first-order valence-corrected chi connectivity index (χ1v) is 8.97. The number of para-hydroxylation sites is 2. The van der Waals surface area contributed by atoms with Gasteiger partial charge in [0.2, 0.25) is 0 Å². The number of amides is 1. The van der Waals surface area contributed by atoms with E-state index in [-0.39, 0.29) is 11.9 Å². The molecule has 0 spiro atoms. The first-order chi connectivity index (χ1) is 12.2. The van der Waals surface area contributed by atoms with Crippen LogP contribution in [0.25, 0.3) is 0 Å². The largest absolute Gasteiger partial charge is 0.495 e. The monoisotopic (exact) mass is 340 g/mol. The van der Waals surface area contributed by atoms with Crippen molar-refractivity contribution in [2.45, 2.75) is 37.8 Å². The molecule has 4 rings (SSSR count). The molecule has 132 valence electrons. The Labute approximate surface area is 147 Å². The quantitative estimate of drug-likeness (QED) is 0.909. The summed E-state index contributed by atoms with van der Waals surface area (Å²) in [6, 6.07) is 8.64. The van der Waals surface area contributed by atoms with Gasteiger partial charge < -0.3 is 15.0 Å². The van der Waals surface area contributed by atoms with E-state index in [1.807, 2.05) is 29.1 Å². The van der Waals surface area contributed by atoms with Crippen LogP contribution in [0.5, 0.6) is 5.75 Å². The molecule has 2 aromatic rings. The van der Waals surface area contributed by atoms with E-state index in [9.17, 15) is 4.79 Å². The molecule has 2 aliphatic rings. The molecule has 1 aromatic heterocycles. The molecule has 1 amide bonds. The average molecular weight is 340 g/mol. The molecule has 6 heteroatoms. The lowest BCUT2D eigenvalue weighted by molar-refractivity contribution is 0.0940. The fraction of sp³-hybridized carbons (Fsp3) is 0.474. The summed E-state index contributed by atoms with van der Waals surface area (Å²) in [7, 11) is 1.69. The predicted molar refractivity (Wildman–Crippen MR) is 96.2 cm³/mol. The Kier molecular flexibility index (Phi) is 4.34. The Bertz CT molecular complexity index is 753. The zero-order valence-corrected chi connectivity index (χ0v) is 14.5. The minimum atomic E-state index is -0.0301. The van der Waals surface area contributed by atoms with Gasteiger partial charge >= 0.3 is 0 Å². The van der Waals surface area contributed by atoms with Gasteiger partial charge in [-0.25, -0.2) is 0 Å². The summed E-state index contributed by atoms with van der Waals surface area (Å²) in [5.41, 5.74) is 1.74. The zero-order chi connectivity index (χ0) is 17.2. The molecule has 1 aliphatic carbocycles. The van der Waals surface area contributed by atoms with Crippen LogP contribution in [0.3, 0.4) is 0 Å². The molecule has 1 saturated heterocycles. The molecule has 1 atom stereocenters. The SMILES string of the molecule is COc1ccccc1N1CCC(NC(=O)c2cnn(C3CCC3)c2)C1. The second-order valence-corrected chi connectivity index (χ2v) is 6.87. The molecule has 1 aliphatic heterocycles. The summed E-state index contributed by atoms with van der Waals surface area (Å²) in [4.78, 5) is 14.8. The van der Waals surface area contributed by atoms with Crippen molar-refractivity contribution in [1.29, 1.82) is 0 Å². The van der Waals surface area contributed by atoms with Gasteiger partial charge in [-0.05, 0) is 37.8 Å². The number of ether oxygens (including phenoxy) is 1. The van der Waals surface area contributed by atoms with Gasteiger partial charge in [-0.2, -0.15) is 5.10 Å². The van der Waals surface area contributed by atoms with Crippen LogP contribution in [-0.2, 0) is 0 Å². The number of carbonyl (C=O) groups excluding carboxylic acids is 1. The normalized spacial score (nSPS) is 20.4. The average Bonchev–Trinajstić information content (AvgIpc) is 3.23. The van der Waals surface area contributed by atoms with Crippen molar-refractivity contribution in [2.24, 2.45) is 0 Å². The number of rotatable bonds is 5. The number of anilines is 1. The maximum absolute atomic E-state index is 12.5. The van der Waals surface area contributed by atoms with Gasteiger partial charge in [0.1, 0.15) is 5.75 Å². The molecule has 0 bridgehead atoms. The minimum absolute atomic E-state index is 0.0301. The van der Waals surface area contributed by atoms with Gasteiger partial charge in [-0.15, -0.1) is 0 Å². The lowest BCUT2D eigenvalue weighted by Crippen LogP contribution is -2.37. The fourth-order valence-electron chi connectivity index (χ4n) is 3.56. The highest BCUT2D eigenvalue weighted by Crippen LogP contribution is 2.31. The van der Waals surface area contributed by atoms with Crippen LogP contribution in [0.2, 0.25) is 0 Å². The van der Waals surface area contributed by atoms with Crippen LogP contribution in [0.4, 0.5) is 5.69 Å². The third-order valence-corrected chi connectivity index (χ3v) is 5.26. The Morgan fingerprint density at radius 3 is 2.88 bits per heavy atom. The number of methoxy groups -OCH3 is 1. The van der Waals surface area contributed by atoms with E-state index in [1.54, 1.807) is 13.3 Å². The van der Waals surface area contributed by atoms with Gasteiger partial charge in [0, 0.05) is 25.3 Å². The van der Waals surface area contributed by atoms with Crippen molar-refractivity contribution in [2.75, 3.05) is 25.1 Å². The molecule has 0 radical (unpaired) electrons. The van der Waals surface area contributed by atoms with E-state index < -0.39 is 0 Å². The van der Waals surface area contributed by atoms with Crippen LogP contribution in [0.15, 0.2) is 36.7 Å². The second-order valence-electron chi connectivity index (χ2n) is 6.87. The Balaban J connectivity index is 1.37. The summed E-state index contributed by atoms with van der Waals surface area (Å²) in [5.74, 6) is 0.841. The molecule has 2 heterocycles. The predicted octanol–water partition coefficient (Wildman–Crippen LogP) is 2.63. The molecule has 1 N–H and O–H groups in total.